The molecule has 2 aromatic carbocycles. The van der Waals surface area contributed by atoms with Crippen LogP contribution in [0.5, 0.6) is 17.2 Å². The summed E-state index contributed by atoms with van der Waals surface area (Å²) in [5.41, 5.74) is 3.73. The molecule has 1 saturated carbocycles. The van der Waals surface area contributed by atoms with E-state index in [2.05, 4.69) is 17.0 Å². The maximum absolute atomic E-state index is 13.0. The van der Waals surface area contributed by atoms with Crippen LogP contribution in [0.25, 0.3) is 10.9 Å². The van der Waals surface area contributed by atoms with Crippen LogP contribution in [0.2, 0.25) is 0 Å². The number of benzene rings is 2. The lowest BCUT2D eigenvalue weighted by Gasteiger charge is -2.63. The summed E-state index contributed by atoms with van der Waals surface area (Å²) in [6.45, 7) is 2.05. The first kappa shape index (κ1) is 20.4. The van der Waals surface area contributed by atoms with Gasteiger partial charge in [0.1, 0.15) is 5.75 Å². The molecular weight excluding hydrogens is 440 g/mol. The van der Waals surface area contributed by atoms with Crippen molar-refractivity contribution in [1.29, 1.82) is 0 Å². The molecule has 2 unspecified atom stereocenters. The van der Waals surface area contributed by atoms with Crippen molar-refractivity contribution in [3.63, 3.8) is 0 Å². The van der Waals surface area contributed by atoms with Crippen molar-refractivity contribution in [3.05, 3.63) is 58.8 Å². The van der Waals surface area contributed by atoms with E-state index >= 15 is 0 Å². The molecule has 2 bridgehead atoms. The van der Waals surface area contributed by atoms with Gasteiger partial charge in [-0.2, -0.15) is 0 Å². The molecule has 0 radical (unpaired) electrons. The zero-order valence-electron chi connectivity index (χ0n) is 20.2. The van der Waals surface area contributed by atoms with Crippen molar-refractivity contribution in [2.45, 2.75) is 55.3 Å². The highest BCUT2D eigenvalue weighted by Crippen LogP contribution is 2.69. The van der Waals surface area contributed by atoms with Gasteiger partial charge in [0.15, 0.2) is 17.6 Å². The van der Waals surface area contributed by atoms with Crippen LogP contribution < -0.4 is 14.2 Å². The normalized spacial score (nSPS) is 32.1. The highest BCUT2D eigenvalue weighted by Gasteiger charge is 2.73. The Labute approximate surface area is 204 Å². The van der Waals surface area contributed by atoms with E-state index in [0.29, 0.717) is 6.42 Å². The first-order valence-electron chi connectivity index (χ1n) is 12.9. The van der Waals surface area contributed by atoms with E-state index in [9.17, 15) is 5.11 Å². The summed E-state index contributed by atoms with van der Waals surface area (Å²) in [5, 5.41) is 14.0. The number of fused-ring (bicyclic) bond motifs is 3. The Bertz CT molecular complexity index is 1400. The molecule has 1 N–H and O–H groups in total. The van der Waals surface area contributed by atoms with Gasteiger partial charge < -0.3 is 19.3 Å². The van der Waals surface area contributed by atoms with Crippen LogP contribution in [0.4, 0.5) is 0 Å². The number of likely N-dealkylation sites (tertiary alicyclic amines) is 1. The van der Waals surface area contributed by atoms with E-state index in [1.807, 2.05) is 24.3 Å². The Morgan fingerprint density at radius 2 is 2.00 bits per heavy atom. The Kier molecular flexibility index (Phi) is 3.89. The summed E-state index contributed by atoms with van der Waals surface area (Å²) >= 11 is 0. The molecule has 2 aliphatic heterocycles. The molecule has 1 saturated heterocycles. The molecule has 1 aromatic heterocycles. The van der Waals surface area contributed by atoms with Crippen LogP contribution >= 0.6 is 0 Å². The Morgan fingerprint density at radius 3 is 2.80 bits per heavy atom. The van der Waals surface area contributed by atoms with E-state index in [-0.39, 0.29) is 12.1 Å². The van der Waals surface area contributed by atoms with Crippen molar-refractivity contribution < 1.29 is 19.3 Å². The Morgan fingerprint density at radius 1 is 1.14 bits per heavy atom. The summed E-state index contributed by atoms with van der Waals surface area (Å²) in [6.07, 6.45) is 4.44. The molecule has 5 aliphatic rings. The predicted octanol–water partition coefficient (Wildman–Crippen LogP) is 3.95. The van der Waals surface area contributed by atoms with Crippen LogP contribution in [0.3, 0.4) is 0 Å². The first-order chi connectivity index (χ1) is 17.1. The second-order valence-corrected chi connectivity index (χ2v) is 11.1. The van der Waals surface area contributed by atoms with E-state index in [0.717, 1.165) is 76.8 Å². The smallest absolute Gasteiger partial charge is 0.166 e. The van der Waals surface area contributed by atoms with Crippen LogP contribution in [0.1, 0.15) is 47.8 Å². The van der Waals surface area contributed by atoms with Crippen molar-refractivity contribution in [2.24, 2.45) is 5.92 Å². The Balaban J connectivity index is 1.43. The van der Waals surface area contributed by atoms with Crippen LogP contribution in [-0.2, 0) is 18.3 Å². The fourth-order valence-corrected chi connectivity index (χ4v) is 7.93. The van der Waals surface area contributed by atoms with Crippen LogP contribution in [0.15, 0.2) is 36.4 Å². The van der Waals surface area contributed by atoms with Crippen LogP contribution in [-0.4, -0.2) is 53.9 Å². The number of hydrogen-bond acceptors (Lipinski definition) is 6. The van der Waals surface area contributed by atoms with Gasteiger partial charge in [0, 0.05) is 35.5 Å². The largest absolute Gasteiger partial charge is 0.496 e. The van der Waals surface area contributed by atoms with E-state index in [1.54, 1.807) is 14.2 Å². The molecule has 0 amide bonds. The summed E-state index contributed by atoms with van der Waals surface area (Å²) in [4.78, 5) is 7.75. The summed E-state index contributed by atoms with van der Waals surface area (Å²) in [7, 11) is 3.42. The lowest BCUT2D eigenvalue weighted by Crippen LogP contribution is -2.74. The summed E-state index contributed by atoms with van der Waals surface area (Å²) in [6, 6.07) is 12.4. The predicted molar refractivity (Wildman–Crippen MR) is 131 cm³/mol. The lowest BCUT2D eigenvalue weighted by atomic mass is 9.49. The number of nitrogens with zero attached hydrogens (tertiary/aromatic N) is 2. The van der Waals surface area contributed by atoms with Crippen LogP contribution in [0, 0.1) is 5.92 Å². The van der Waals surface area contributed by atoms with Gasteiger partial charge in [0.05, 0.1) is 36.4 Å². The van der Waals surface area contributed by atoms with Gasteiger partial charge in [-0.05, 0) is 61.9 Å². The minimum absolute atomic E-state index is 0.0409. The van der Waals surface area contributed by atoms with Crippen molar-refractivity contribution >= 4 is 10.9 Å². The molecule has 35 heavy (non-hydrogen) atoms. The third-order valence-corrected chi connectivity index (χ3v) is 9.59. The van der Waals surface area contributed by atoms with Gasteiger partial charge in [-0.25, -0.2) is 4.98 Å². The molecule has 4 atom stereocenters. The minimum Gasteiger partial charge on any atom is -0.496 e. The Hall–Kier alpha value is -2.83. The molecule has 6 heteroatoms. The molecule has 3 aromatic rings. The van der Waals surface area contributed by atoms with Gasteiger partial charge in [-0.15, -0.1) is 0 Å². The average molecular weight is 471 g/mol. The highest BCUT2D eigenvalue weighted by atomic mass is 16.5. The maximum Gasteiger partial charge on any atom is 0.166 e. The second-order valence-electron chi connectivity index (χ2n) is 11.1. The van der Waals surface area contributed by atoms with Crippen molar-refractivity contribution in [2.75, 3.05) is 27.3 Å². The topological polar surface area (TPSA) is 64.0 Å². The molecule has 3 aliphatic carbocycles. The summed E-state index contributed by atoms with van der Waals surface area (Å²) in [5.74, 6) is 3.12. The molecule has 3 heterocycles. The third kappa shape index (κ3) is 2.35. The zero-order chi connectivity index (χ0) is 23.5. The van der Waals surface area contributed by atoms with Crippen molar-refractivity contribution in [3.8, 4) is 17.2 Å². The fraction of sp³-hybridized carbons (Fsp3) is 0.483. The van der Waals surface area contributed by atoms with Gasteiger partial charge in [-0.1, -0.05) is 18.2 Å². The number of pyridine rings is 1. The number of para-hydroxylation sites is 1. The number of piperidine rings is 1. The first-order valence-corrected chi connectivity index (χ1v) is 12.9. The second kappa shape index (κ2) is 6.68. The number of hydrogen-bond donors (Lipinski definition) is 1. The van der Waals surface area contributed by atoms with E-state index in [4.69, 9.17) is 19.2 Å². The maximum atomic E-state index is 13.0. The standard InChI is InChI=1S/C29H30N2O4/c1-33-21-10-9-17-13-22-29(32)14-19-24(30-20-6-4-3-5-18(20)25(19)34-2)27-28(29,23(17)26(21)35-27)11-12-31(22)15-16-7-8-16/h3-6,9-10,16,22,27,32H,7-8,11-15H2,1-2H3/t22-,27?,28-,29?/m0/s1. The number of methoxy groups -OCH3 is 2. The molecule has 180 valence electrons. The van der Waals surface area contributed by atoms with Gasteiger partial charge in [-0.3, -0.25) is 4.90 Å². The van der Waals surface area contributed by atoms with Gasteiger partial charge in [0.25, 0.3) is 0 Å². The minimum atomic E-state index is -0.972. The molecule has 1 spiro atoms. The van der Waals surface area contributed by atoms with Gasteiger partial charge >= 0.3 is 0 Å². The van der Waals surface area contributed by atoms with Gasteiger partial charge in [0.2, 0.25) is 0 Å². The monoisotopic (exact) mass is 470 g/mol. The quantitative estimate of drug-likeness (QED) is 0.623. The van der Waals surface area contributed by atoms with Crippen molar-refractivity contribution in [1.82, 2.24) is 9.88 Å². The molecule has 8 rings (SSSR count). The molecule has 2 fully saturated rings. The lowest BCUT2D eigenvalue weighted by molar-refractivity contribution is -0.173. The molecule has 6 nitrogen and oxygen atoms in total. The van der Waals surface area contributed by atoms with E-state index in [1.165, 1.54) is 18.4 Å². The number of rotatable bonds is 4. The number of aromatic nitrogens is 1. The SMILES string of the molecule is COc1ccc2c3c1OC1c4nc5ccccc5c(OC)c4CC4(O)[C@H](C2)N(CC2CC2)CC[C@]314. The zero-order valence-corrected chi connectivity index (χ0v) is 20.2. The average Bonchev–Trinajstić information content (AvgIpc) is 3.61. The highest BCUT2D eigenvalue weighted by molar-refractivity contribution is 5.87. The summed E-state index contributed by atoms with van der Waals surface area (Å²) < 4.78 is 18.6. The third-order valence-electron chi connectivity index (χ3n) is 9.59. The number of aliphatic hydroxyl groups is 1. The van der Waals surface area contributed by atoms with E-state index < -0.39 is 11.0 Å². The molecular formula is C29H30N2O4. The number of ether oxygens (including phenoxy) is 3. The fourth-order valence-electron chi connectivity index (χ4n) is 7.93.